The Labute approximate surface area is 131 Å². The summed E-state index contributed by atoms with van der Waals surface area (Å²) in [5.74, 6) is 0.706. The molecule has 0 aliphatic carbocycles. The molecule has 0 aliphatic heterocycles. The van der Waals surface area contributed by atoms with Gasteiger partial charge < -0.3 is 10.1 Å². The summed E-state index contributed by atoms with van der Waals surface area (Å²) in [6.45, 7) is 0. The second-order valence-corrected chi connectivity index (χ2v) is 6.88. The van der Waals surface area contributed by atoms with Gasteiger partial charge in [-0.25, -0.2) is 0 Å². The molecule has 0 saturated heterocycles. The van der Waals surface area contributed by atoms with E-state index in [1.807, 2.05) is 30.5 Å². The van der Waals surface area contributed by atoms with Gasteiger partial charge in [0.1, 0.15) is 5.75 Å². The molecule has 3 aromatic rings. The Morgan fingerprint density at radius 2 is 2.05 bits per heavy atom. The molecule has 20 heavy (non-hydrogen) atoms. The van der Waals surface area contributed by atoms with Crippen LogP contribution in [0.1, 0.15) is 16.5 Å². The van der Waals surface area contributed by atoms with Crippen molar-refractivity contribution in [1.82, 2.24) is 5.32 Å². The number of thiophene rings is 2. The van der Waals surface area contributed by atoms with E-state index in [1.54, 1.807) is 18.4 Å². The maximum Gasteiger partial charge on any atom is 0.137 e. The molecule has 0 fully saturated rings. The molecule has 2 nitrogen and oxygen atoms in total. The molecule has 0 amide bonds. The van der Waals surface area contributed by atoms with Crippen LogP contribution in [-0.2, 0) is 0 Å². The number of halogens is 1. The van der Waals surface area contributed by atoms with E-state index in [9.17, 15) is 0 Å². The van der Waals surface area contributed by atoms with Crippen molar-refractivity contribution in [3.8, 4) is 5.75 Å². The maximum atomic E-state index is 6.23. The molecule has 1 unspecified atom stereocenters. The first kappa shape index (κ1) is 13.9. The van der Waals surface area contributed by atoms with Crippen LogP contribution < -0.4 is 10.1 Å². The Balaban J connectivity index is 2.00. The molecule has 1 atom stereocenters. The van der Waals surface area contributed by atoms with Crippen LogP contribution in [0.5, 0.6) is 5.75 Å². The van der Waals surface area contributed by atoms with E-state index in [2.05, 4.69) is 28.9 Å². The minimum Gasteiger partial charge on any atom is -0.495 e. The van der Waals surface area contributed by atoms with E-state index in [0.717, 1.165) is 5.56 Å². The molecule has 2 aromatic heterocycles. The molecular weight excluding hydrogens is 310 g/mol. The average molecular weight is 324 g/mol. The number of rotatable bonds is 4. The Morgan fingerprint density at radius 3 is 2.70 bits per heavy atom. The molecule has 1 aromatic carbocycles. The third-order valence-electron chi connectivity index (χ3n) is 3.24. The van der Waals surface area contributed by atoms with Gasteiger partial charge >= 0.3 is 0 Å². The summed E-state index contributed by atoms with van der Waals surface area (Å²) >= 11 is 9.83. The van der Waals surface area contributed by atoms with E-state index in [-0.39, 0.29) is 6.04 Å². The molecule has 0 saturated carbocycles. The van der Waals surface area contributed by atoms with Crippen molar-refractivity contribution in [1.29, 1.82) is 0 Å². The molecule has 3 rings (SSSR count). The molecular formula is C15H14ClNOS2. The number of ether oxygens (including phenoxy) is 1. The van der Waals surface area contributed by atoms with Crippen molar-refractivity contribution in [3.05, 3.63) is 51.2 Å². The number of methoxy groups -OCH3 is 1. The van der Waals surface area contributed by atoms with Gasteiger partial charge in [0.05, 0.1) is 18.2 Å². The number of benzene rings is 1. The summed E-state index contributed by atoms with van der Waals surface area (Å²) in [5.41, 5.74) is 1.15. The van der Waals surface area contributed by atoms with Crippen molar-refractivity contribution in [2.75, 3.05) is 14.2 Å². The minimum absolute atomic E-state index is 0.156. The fourth-order valence-corrected chi connectivity index (χ4v) is 4.79. The van der Waals surface area contributed by atoms with Gasteiger partial charge in [0, 0.05) is 14.3 Å². The molecule has 0 bridgehead atoms. The first-order valence-corrected chi connectivity index (χ1v) is 8.28. The quantitative estimate of drug-likeness (QED) is 0.734. The predicted octanol–water partition coefficient (Wildman–Crippen LogP) is 4.93. The lowest BCUT2D eigenvalue weighted by Crippen LogP contribution is -2.16. The monoisotopic (exact) mass is 323 g/mol. The lowest BCUT2D eigenvalue weighted by atomic mass is 10.1. The summed E-state index contributed by atoms with van der Waals surface area (Å²) in [6.07, 6.45) is 0. The smallest absolute Gasteiger partial charge is 0.137 e. The highest BCUT2D eigenvalue weighted by molar-refractivity contribution is 7.27. The van der Waals surface area contributed by atoms with Gasteiger partial charge in [-0.2, -0.15) is 0 Å². The van der Waals surface area contributed by atoms with Crippen LogP contribution in [0.2, 0.25) is 5.02 Å². The van der Waals surface area contributed by atoms with E-state index in [0.29, 0.717) is 10.8 Å². The molecule has 104 valence electrons. The Hall–Kier alpha value is -1.07. The Morgan fingerprint density at radius 1 is 1.20 bits per heavy atom. The van der Waals surface area contributed by atoms with Crippen LogP contribution in [0.25, 0.3) is 9.40 Å². The summed E-state index contributed by atoms with van der Waals surface area (Å²) in [4.78, 5) is 1.30. The minimum atomic E-state index is 0.156. The van der Waals surface area contributed by atoms with Crippen molar-refractivity contribution in [2.24, 2.45) is 0 Å². The van der Waals surface area contributed by atoms with E-state index in [1.165, 1.54) is 14.3 Å². The molecule has 0 aliphatic rings. The van der Waals surface area contributed by atoms with Crippen LogP contribution in [0.4, 0.5) is 0 Å². The van der Waals surface area contributed by atoms with Gasteiger partial charge in [0.2, 0.25) is 0 Å². The summed E-state index contributed by atoms with van der Waals surface area (Å²) in [5, 5.41) is 6.14. The van der Waals surface area contributed by atoms with Crippen LogP contribution in [-0.4, -0.2) is 14.2 Å². The Bertz CT molecular complexity index is 706. The van der Waals surface area contributed by atoms with E-state index >= 15 is 0 Å². The normalized spacial score (nSPS) is 12.8. The zero-order valence-electron chi connectivity index (χ0n) is 11.1. The summed E-state index contributed by atoms with van der Waals surface area (Å²) in [7, 11) is 3.60. The molecule has 0 radical (unpaired) electrons. The molecule has 0 spiro atoms. The summed E-state index contributed by atoms with van der Waals surface area (Å²) in [6, 6.07) is 10.5. The number of hydrogen-bond donors (Lipinski definition) is 1. The van der Waals surface area contributed by atoms with Gasteiger partial charge in [0.25, 0.3) is 0 Å². The van der Waals surface area contributed by atoms with Crippen LogP contribution >= 0.6 is 34.3 Å². The highest BCUT2D eigenvalue weighted by Crippen LogP contribution is 2.37. The van der Waals surface area contributed by atoms with Gasteiger partial charge in [0.15, 0.2) is 0 Å². The molecule has 1 N–H and O–H groups in total. The van der Waals surface area contributed by atoms with Crippen molar-refractivity contribution in [2.45, 2.75) is 6.04 Å². The third-order valence-corrected chi connectivity index (χ3v) is 5.69. The number of nitrogens with one attached hydrogen (secondary N) is 1. The Kier molecular flexibility index (Phi) is 3.98. The van der Waals surface area contributed by atoms with Crippen molar-refractivity contribution >= 4 is 43.7 Å². The van der Waals surface area contributed by atoms with E-state index in [4.69, 9.17) is 16.3 Å². The number of fused-ring (bicyclic) bond motifs is 1. The lowest BCUT2D eigenvalue weighted by molar-refractivity contribution is 0.414. The first-order valence-electron chi connectivity index (χ1n) is 6.20. The molecule has 5 heteroatoms. The van der Waals surface area contributed by atoms with Crippen LogP contribution in [0.3, 0.4) is 0 Å². The lowest BCUT2D eigenvalue weighted by Gasteiger charge is -2.16. The van der Waals surface area contributed by atoms with E-state index < -0.39 is 0 Å². The third kappa shape index (κ3) is 2.44. The van der Waals surface area contributed by atoms with Gasteiger partial charge in [-0.3, -0.25) is 0 Å². The highest BCUT2D eigenvalue weighted by atomic mass is 35.5. The first-order chi connectivity index (χ1) is 9.72. The second-order valence-electron chi connectivity index (χ2n) is 4.41. The van der Waals surface area contributed by atoms with Crippen LogP contribution in [0, 0.1) is 0 Å². The fourth-order valence-electron chi connectivity index (χ4n) is 2.26. The average Bonchev–Trinajstić information content (AvgIpc) is 3.01. The van der Waals surface area contributed by atoms with Gasteiger partial charge in [-0.1, -0.05) is 17.7 Å². The summed E-state index contributed by atoms with van der Waals surface area (Å²) < 4.78 is 7.88. The molecule has 2 heterocycles. The van der Waals surface area contributed by atoms with Crippen molar-refractivity contribution in [3.63, 3.8) is 0 Å². The largest absolute Gasteiger partial charge is 0.495 e. The topological polar surface area (TPSA) is 21.3 Å². The van der Waals surface area contributed by atoms with Gasteiger partial charge in [-0.15, -0.1) is 22.7 Å². The van der Waals surface area contributed by atoms with Crippen molar-refractivity contribution < 1.29 is 4.74 Å². The zero-order chi connectivity index (χ0) is 14.1. The standard InChI is InChI=1S/C15H14ClNOS2/c1-17-15(9-3-4-11(18-2)10(16)7-9)14-8-13-12(20-14)5-6-19-13/h3-8,15,17H,1-2H3. The predicted molar refractivity (Wildman–Crippen MR) is 88.6 cm³/mol. The maximum absolute atomic E-state index is 6.23. The van der Waals surface area contributed by atoms with Crippen LogP contribution in [0.15, 0.2) is 35.7 Å². The fraction of sp³-hybridized carbons (Fsp3) is 0.200. The SMILES string of the molecule is CNC(c1ccc(OC)c(Cl)c1)c1cc2sccc2s1. The second kappa shape index (κ2) is 5.74. The highest BCUT2D eigenvalue weighted by Gasteiger charge is 2.16. The zero-order valence-corrected chi connectivity index (χ0v) is 13.5. The van der Waals surface area contributed by atoms with Gasteiger partial charge in [-0.05, 0) is 42.3 Å². The number of hydrogen-bond acceptors (Lipinski definition) is 4.